The smallest absolute Gasteiger partial charge is 0.133 e. The molecule has 2 saturated heterocycles. The molecule has 0 saturated carbocycles. The van der Waals surface area contributed by atoms with Gasteiger partial charge in [0, 0.05) is 26.1 Å². The molecule has 2 aliphatic rings. The summed E-state index contributed by atoms with van der Waals surface area (Å²) in [5, 5.41) is 9.15. The molecular weight excluding hydrogens is 336 g/mol. The Morgan fingerprint density at radius 2 is 2.10 bits per heavy atom. The molecule has 2 heterocycles. The molecule has 0 radical (unpaired) electrons. The van der Waals surface area contributed by atoms with E-state index in [4.69, 9.17) is 19.3 Å². The summed E-state index contributed by atoms with van der Waals surface area (Å²) in [6.45, 7) is 2.35. The molecule has 0 amide bonds. The topological polar surface area (TPSA) is 47.9 Å². The minimum Gasteiger partial charge on any atom is -0.489 e. The molecule has 2 fully saturated rings. The Morgan fingerprint density at radius 3 is 2.81 bits per heavy atom. The Bertz CT molecular complexity index is 480. The molecule has 21 heavy (non-hydrogen) atoms. The van der Waals surface area contributed by atoms with Crippen LogP contribution in [-0.4, -0.2) is 36.6 Å². The lowest BCUT2D eigenvalue weighted by Gasteiger charge is -2.43. The number of aliphatic hydroxyl groups is 1. The van der Waals surface area contributed by atoms with Crippen LogP contribution in [0.25, 0.3) is 0 Å². The molecule has 3 rings (SSSR count). The first-order valence-corrected chi connectivity index (χ1v) is 8.28. The largest absolute Gasteiger partial charge is 0.489 e. The fourth-order valence-corrected chi connectivity index (χ4v) is 3.61. The molecule has 116 valence electrons. The molecule has 0 bridgehead atoms. The summed E-state index contributed by atoms with van der Waals surface area (Å²) in [4.78, 5) is 0. The molecule has 1 aromatic carbocycles. The molecule has 4 nitrogen and oxygen atoms in total. The van der Waals surface area contributed by atoms with Crippen LogP contribution in [0.15, 0.2) is 22.7 Å². The Kier molecular flexibility index (Phi) is 4.84. The SMILES string of the molecule is OCc1ccc(OC2CCOC3(CCOCC3)C2)c(Br)c1. The molecular formula is C16H21BrO4. The lowest BCUT2D eigenvalue weighted by atomic mass is 9.85. The highest BCUT2D eigenvalue weighted by Crippen LogP contribution is 2.37. The summed E-state index contributed by atoms with van der Waals surface area (Å²) in [6, 6.07) is 5.71. The normalized spacial score (nSPS) is 25.0. The number of hydrogen-bond donors (Lipinski definition) is 1. The molecule has 1 atom stereocenters. The second kappa shape index (κ2) is 6.65. The minimum atomic E-state index is -0.0569. The van der Waals surface area contributed by atoms with Crippen molar-refractivity contribution in [2.45, 2.75) is 44.0 Å². The standard InChI is InChI=1S/C16H21BrO4/c17-14-9-12(11-18)1-2-15(14)21-13-3-6-20-16(10-13)4-7-19-8-5-16/h1-2,9,13,18H,3-8,10-11H2. The summed E-state index contributed by atoms with van der Waals surface area (Å²) >= 11 is 3.51. The highest BCUT2D eigenvalue weighted by Gasteiger charge is 2.39. The van der Waals surface area contributed by atoms with E-state index < -0.39 is 0 Å². The van der Waals surface area contributed by atoms with Crippen molar-refractivity contribution in [3.8, 4) is 5.75 Å². The summed E-state index contributed by atoms with van der Waals surface area (Å²) in [5.41, 5.74) is 0.820. The Balaban J connectivity index is 1.67. The van der Waals surface area contributed by atoms with E-state index in [-0.39, 0.29) is 18.3 Å². The van der Waals surface area contributed by atoms with Gasteiger partial charge in [-0.1, -0.05) is 6.07 Å². The van der Waals surface area contributed by atoms with E-state index in [1.165, 1.54) is 0 Å². The highest BCUT2D eigenvalue weighted by atomic mass is 79.9. The second-order valence-corrected chi connectivity index (χ2v) is 6.65. The summed E-state index contributed by atoms with van der Waals surface area (Å²) in [6.07, 6.45) is 3.92. The van der Waals surface area contributed by atoms with Crippen LogP contribution < -0.4 is 4.74 Å². The first kappa shape index (κ1) is 15.3. The third-order valence-corrected chi connectivity index (χ3v) is 4.94. The zero-order chi connectivity index (χ0) is 14.7. The van der Waals surface area contributed by atoms with Crippen LogP contribution in [0.2, 0.25) is 0 Å². The molecule has 0 aliphatic carbocycles. The van der Waals surface area contributed by atoms with E-state index in [9.17, 15) is 0 Å². The maximum Gasteiger partial charge on any atom is 0.133 e. The van der Waals surface area contributed by atoms with Crippen molar-refractivity contribution in [1.29, 1.82) is 0 Å². The van der Waals surface area contributed by atoms with Gasteiger partial charge in [-0.3, -0.25) is 0 Å². The van der Waals surface area contributed by atoms with Crippen molar-refractivity contribution < 1.29 is 19.3 Å². The summed E-state index contributed by atoms with van der Waals surface area (Å²) < 4.78 is 18.5. The fourth-order valence-electron chi connectivity index (χ4n) is 3.09. The molecule has 0 aromatic heterocycles. The van der Waals surface area contributed by atoms with Gasteiger partial charge < -0.3 is 19.3 Å². The first-order valence-electron chi connectivity index (χ1n) is 7.48. The van der Waals surface area contributed by atoms with Crippen molar-refractivity contribution >= 4 is 15.9 Å². The maximum absolute atomic E-state index is 9.15. The number of hydrogen-bond acceptors (Lipinski definition) is 4. The number of aliphatic hydroxyl groups excluding tert-OH is 1. The maximum atomic E-state index is 9.15. The highest BCUT2D eigenvalue weighted by molar-refractivity contribution is 9.10. The van der Waals surface area contributed by atoms with E-state index in [0.29, 0.717) is 0 Å². The van der Waals surface area contributed by atoms with Crippen molar-refractivity contribution in [3.63, 3.8) is 0 Å². The average molecular weight is 357 g/mol. The van der Waals surface area contributed by atoms with Crippen LogP contribution in [0.3, 0.4) is 0 Å². The van der Waals surface area contributed by atoms with Crippen LogP contribution >= 0.6 is 15.9 Å². The molecule has 1 spiro atoms. The van der Waals surface area contributed by atoms with Crippen LogP contribution in [0.1, 0.15) is 31.2 Å². The molecule has 1 unspecified atom stereocenters. The summed E-state index contributed by atoms with van der Waals surface area (Å²) in [5.74, 6) is 0.835. The van der Waals surface area contributed by atoms with Gasteiger partial charge >= 0.3 is 0 Å². The number of ether oxygens (including phenoxy) is 3. The van der Waals surface area contributed by atoms with Gasteiger partial charge in [0.15, 0.2) is 0 Å². The van der Waals surface area contributed by atoms with E-state index in [1.807, 2.05) is 18.2 Å². The predicted molar refractivity (Wildman–Crippen MR) is 82.5 cm³/mol. The molecule has 1 N–H and O–H groups in total. The molecule has 5 heteroatoms. The zero-order valence-electron chi connectivity index (χ0n) is 12.0. The Morgan fingerprint density at radius 1 is 1.29 bits per heavy atom. The molecule has 2 aliphatic heterocycles. The Labute approximate surface area is 133 Å². The van der Waals surface area contributed by atoms with Crippen molar-refractivity contribution in [2.24, 2.45) is 0 Å². The predicted octanol–water partition coefficient (Wildman–Crippen LogP) is 3.05. The Hall–Kier alpha value is -0.620. The van der Waals surface area contributed by atoms with E-state index >= 15 is 0 Å². The third-order valence-electron chi connectivity index (χ3n) is 4.32. The number of benzene rings is 1. The van der Waals surface area contributed by atoms with Crippen molar-refractivity contribution in [2.75, 3.05) is 19.8 Å². The van der Waals surface area contributed by atoms with E-state index in [0.717, 1.165) is 61.3 Å². The minimum absolute atomic E-state index is 0.0409. The summed E-state index contributed by atoms with van der Waals surface area (Å²) in [7, 11) is 0. The van der Waals surface area contributed by atoms with Crippen molar-refractivity contribution in [3.05, 3.63) is 28.2 Å². The van der Waals surface area contributed by atoms with E-state index in [1.54, 1.807) is 0 Å². The lowest BCUT2D eigenvalue weighted by molar-refractivity contribution is -0.155. The van der Waals surface area contributed by atoms with Gasteiger partial charge in [0.2, 0.25) is 0 Å². The number of rotatable bonds is 3. The van der Waals surface area contributed by atoms with Crippen LogP contribution in [-0.2, 0) is 16.1 Å². The lowest BCUT2D eigenvalue weighted by Crippen LogP contribution is -2.47. The number of halogens is 1. The monoisotopic (exact) mass is 356 g/mol. The van der Waals surface area contributed by atoms with Crippen molar-refractivity contribution in [1.82, 2.24) is 0 Å². The van der Waals surface area contributed by atoms with Gasteiger partial charge in [-0.05, 0) is 46.5 Å². The van der Waals surface area contributed by atoms with Gasteiger partial charge in [-0.25, -0.2) is 0 Å². The van der Waals surface area contributed by atoms with E-state index in [2.05, 4.69) is 15.9 Å². The van der Waals surface area contributed by atoms with Gasteiger partial charge in [0.25, 0.3) is 0 Å². The van der Waals surface area contributed by atoms with Gasteiger partial charge in [0.1, 0.15) is 11.9 Å². The average Bonchev–Trinajstić information content (AvgIpc) is 2.50. The van der Waals surface area contributed by atoms with Crippen LogP contribution in [0, 0.1) is 0 Å². The quantitative estimate of drug-likeness (QED) is 0.903. The molecule has 1 aromatic rings. The second-order valence-electron chi connectivity index (χ2n) is 5.80. The van der Waals surface area contributed by atoms with Crippen LogP contribution in [0.5, 0.6) is 5.75 Å². The van der Waals surface area contributed by atoms with Crippen LogP contribution in [0.4, 0.5) is 0 Å². The third kappa shape index (κ3) is 3.59. The van der Waals surface area contributed by atoms with Gasteiger partial charge in [-0.2, -0.15) is 0 Å². The van der Waals surface area contributed by atoms with Gasteiger partial charge in [-0.15, -0.1) is 0 Å². The fraction of sp³-hybridized carbons (Fsp3) is 0.625. The zero-order valence-corrected chi connectivity index (χ0v) is 13.6. The van der Waals surface area contributed by atoms with Gasteiger partial charge in [0.05, 0.1) is 23.3 Å². The first-order chi connectivity index (χ1) is 10.2.